The van der Waals surface area contributed by atoms with Crippen molar-refractivity contribution in [2.75, 3.05) is 26.5 Å². The summed E-state index contributed by atoms with van der Waals surface area (Å²) in [7, 11) is 2.70. The molecule has 1 fully saturated rings. The molecule has 2 rings (SSSR count). The Kier molecular flexibility index (Phi) is 8.91. The molecule has 0 bridgehead atoms. The second kappa shape index (κ2) is 11.2. The van der Waals surface area contributed by atoms with Gasteiger partial charge >= 0.3 is 0 Å². The smallest absolute Gasteiger partial charge is 0.191 e. The molecular weight excluding hydrogens is 362 g/mol. The lowest BCUT2D eigenvalue weighted by Gasteiger charge is -2.30. The van der Waals surface area contributed by atoms with Gasteiger partial charge in [0.1, 0.15) is 17.6 Å². The first-order chi connectivity index (χ1) is 13.0. The number of hydrogen-bond donors (Lipinski definition) is 2. The van der Waals surface area contributed by atoms with E-state index >= 15 is 0 Å². The second-order valence-electron chi connectivity index (χ2n) is 6.86. The summed E-state index contributed by atoms with van der Waals surface area (Å²) in [5, 5.41) is 7.11. The van der Waals surface area contributed by atoms with Crippen LogP contribution in [0.15, 0.2) is 29.3 Å². The molecule has 7 heteroatoms. The Morgan fingerprint density at radius 1 is 1.37 bits per heavy atom. The van der Waals surface area contributed by atoms with Crippen LogP contribution in [-0.2, 0) is 10.8 Å². The highest BCUT2D eigenvalue weighted by Crippen LogP contribution is 2.23. The van der Waals surface area contributed by atoms with E-state index in [0.717, 1.165) is 48.9 Å². The van der Waals surface area contributed by atoms with Crippen molar-refractivity contribution in [1.29, 1.82) is 0 Å². The number of hydrogen-bond acceptors (Lipinski definition) is 4. The number of nitrogens with zero attached hydrogens (tertiary/aromatic N) is 1. The third-order valence-corrected chi connectivity index (χ3v) is 6.52. The lowest BCUT2D eigenvalue weighted by Crippen LogP contribution is -2.48. The van der Waals surface area contributed by atoms with E-state index in [0.29, 0.717) is 17.8 Å². The third-order valence-electron chi connectivity index (χ3n) is 4.78. The maximum Gasteiger partial charge on any atom is 0.191 e. The van der Waals surface area contributed by atoms with E-state index in [4.69, 9.17) is 9.47 Å². The van der Waals surface area contributed by atoms with Gasteiger partial charge in [0.05, 0.1) is 13.7 Å². The molecule has 152 valence electrons. The van der Waals surface area contributed by atoms with Crippen molar-refractivity contribution >= 4 is 16.8 Å². The standard InChI is InChI=1S/C20H33N3O3S/c1-5-27(24)19-11-6-8-16(12-19)23-20(21-3)22-14-15(2)26-18-10-7-9-17(13-18)25-4/h7,9-10,13,15-16,19H,5-6,8,11-12,14H2,1-4H3,(H2,21,22,23). The van der Waals surface area contributed by atoms with Crippen LogP contribution < -0.4 is 20.1 Å². The summed E-state index contributed by atoms with van der Waals surface area (Å²) in [6, 6.07) is 7.92. The largest absolute Gasteiger partial charge is 0.497 e. The summed E-state index contributed by atoms with van der Waals surface area (Å²) in [5.41, 5.74) is 0. The fourth-order valence-corrected chi connectivity index (χ4v) is 4.68. The van der Waals surface area contributed by atoms with E-state index in [1.165, 1.54) is 0 Å². The molecule has 0 spiro atoms. The number of nitrogens with one attached hydrogen (secondary N) is 2. The van der Waals surface area contributed by atoms with Crippen LogP contribution >= 0.6 is 0 Å². The van der Waals surface area contributed by atoms with Crippen molar-refractivity contribution in [1.82, 2.24) is 10.6 Å². The molecule has 0 aromatic heterocycles. The maximum absolute atomic E-state index is 12.1. The van der Waals surface area contributed by atoms with Crippen molar-refractivity contribution in [2.45, 2.75) is 56.9 Å². The van der Waals surface area contributed by atoms with E-state index in [9.17, 15) is 4.21 Å². The predicted octanol–water partition coefficient (Wildman–Crippen LogP) is 2.71. The molecule has 4 atom stereocenters. The minimum absolute atomic E-state index is 0.0256. The van der Waals surface area contributed by atoms with Gasteiger partial charge in [-0.05, 0) is 38.3 Å². The Hall–Kier alpha value is -1.76. The normalized spacial score (nSPS) is 22.6. The van der Waals surface area contributed by atoms with Crippen molar-refractivity contribution in [3.05, 3.63) is 24.3 Å². The van der Waals surface area contributed by atoms with Crippen LogP contribution in [-0.4, -0.2) is 54.0 Å². The van der Waals surface area contributed by atoms with Crippen molar-refractivity contribution < 1.29 is 13.7 Å². The van der Waals surface area contributed by atoms with E-state index < -0.39 is 10.8 Å². The van der Waals surface area contributed by atoms with E-state index in [2.05, 4.69) is 15.6 Å². The summed E-state index contributed by atoms with van der Waals surface area (Å²) >= 11 is 0. The summed E-state index contributed by atoms with van der Waals surface area (Å²) < 4.78 is 23.3. The lowest BCUT2D eigenvalue weighted by atomic mass is 9.95. The van der Waals surface area contributed by atoms with Gasteiger partial charge in [0.2, 0.25) is 0 Å². The molecule has 27 heavy (non-hydrogen) atoms. The zero-order chi connectivity index (χ0) is 19.6. The van der Waals surface area contributed by atoms with Gasteiger partial charge in [-0.25, -0.2) is 0 Å². The van der Waals surface area contributed by atoms with Crippen LogP contribution in [0.4, 0.5) is 0 Å². The van der Waals surface area contributed by atoms with Crippen molar-refractivity contribution in [2.24, 2.45) is 4.99 Å². The van der Waals surface area contributed by atoms with Crippen LogP contribution in [0.3, 0.4) is 0 Å². The Morgan fingerprint density at radius 2 is 2.15 bits per heavy atom. The number of benzene rings is 1. The molecule has 6 nitrogen and oxygen atoms in total. The molecule has 0 heterocycles. The van der Waals surface area contributed by atoms with Gasteiger partial charge in [0.25, 0.3) is 0 Å². The number of rotatable bonds is 8. The molecule has 0 radical (unpaired) electrons. The zero-order valence-electron chi connectivity index (χ0n) is 16.9. The predicted molar refractivity (Wildman–Crippen MR) is 112 cm³/mol. The van der Waals surface area contributed by atoms with Gasteiger partial charge in [0.15, 0.2) is 5.96 Å². The van der Waals surface area contributed by atoms with Gasteiger partial charge in [-0.1, -0.05) is 19.4 Å². The van der Waals surface area contributed by atoms with Gasteiger partial charge in [-0.3, -0.25) is 9.20 Å². The number of aliphatic imine (C=N–C) groups is 1. The van der Waals surface area contributed by atoms with Gasteiger partial charge in [-0.2, -0.15) is 0 Å². The third kappa shape index (κ3) is 7.05. The van der Waals surface area contributed by atoms with Crippen LogP contribution in [0.1, 0.15) is 39.5 Å². The molecule has 1 aliphatic carbocycles. The molecule has 1 aliphatic rings. The number of methoxy groups -OCH3 is 1. The highest BCUT2D eigenvalue weighted by atomic mass is 32.2. The van der Waals surface area contributed by atoms with Gasteiger partial charge < -0.3 is 20.1 Å². The molecule has 2 N–H and O–H groups in total. The maximum atomic E-state index is 12.1. The minimum atomic E-state index is -0.718. The Labute approximate surface area is 165 Å². The molecule has 0 amide bonds. The highest BCUT2D eigenvalue weighted by Gasteiger charge is 2.26. The van der Waals surface area contributed by atoms with E-state index in [1.807, 2.05) is 38.1 Å². The Bertz CT molecular complexity index is 639. The van der Waals surface area contributed by atoms with Gasteiger partial charge in [-0.15, -0.1) is 0 Å². The summed E-state index contributed by atoms with van der Waals surface area (Å²) in [6.45, 7) is 4.64. The fraction of sp³-hybridized carbons (Fsp3) is 0.650. The average Bonchev–Trinajstić information content (AvgIpc) is 2.70. The first-order valence-corrected chi connectivity index (χ1v) is 11.1. The van der Waals surface area contributed by atoms with E-state index in [-0.39, 0.29) is 6.10 Å². The van der Waals surface area contributed by atoms with Crippen LogP contribution in [0.2, 0.25) is 0 Å². The first-order valence-electron chi connectivity index (χ1n) is 9.70. The van der Waals surface area contributed by atoms with Crippen molar-refractivity contribution in [3.63, 3.8) is 0 Å². The number of guanidine groups is 1. The first kappa shape index (κ1) is 21.5. The molecule has 1 saturated carbocycles. The topological polar surface area (TPSA) is 72.0 Å². The molecule has 1 aromatic rings. The zero-order valence-corrected chi connectivity index (χ0v) is 17.7. The Balaban J connectivity index is 1.80. The molecule has 0 aliphatic heterocycles. The van der Waals surface area contributed by atoms with Crippen molar-refractivity contribution in [3.8, 4) is 11.5 Å². The fourth-order valence-electron chi connectivity index (χ4n) is 3.33. The molecule has 1 aromatic carbocycles. The average molecular weight is 396 g/mol. The summed E-state index contributed by atoms with van der Waals surface area (Å²) in [6.07, 6.45) is 4.18. The molecular formula is C20H33N3O3S. The number of ether oxygens (including phenoxy) is 2. The quantitative estimate of drug-likeness (QED) is 0.523. The van der Waals surface area contributed by atoms with Crippen LogP contribution in [0.5, 0.6) is 11.5 Å². The SMILES string of the molecule is CCS(=O)C1CCCC(NC(=NC)NCC(C)Oc2cccc(OC)c2)C1. The summed E-state index contributed by atoms with van der Waals surface area (Å²) in [5.74, 6) is 3.07. The monoisotopic (exact) mass is 395 g/mol. The summed E-state index contributed by atoms with van der Waals surface area (Å²) in [4.78, 5) is 4.32. The second-order valence-corrected chi connectivity index (χ2v) is 8.87. The highest BCUT2D eigenvalue weighted by molar-refractivity contribution is 7.85. The molecule has 4 unspecified atom stereocenters. The Morgan fingerprint density at radius 3 is 2.85 bits per heavy atom. The van der Waals surface area contributed by atoms with Crippen LogP contribution in [0, 0.1) is 0 Å². The van der Waals surface area contributed by atoms with Gasteiger partial charge in [0, 0.05) is 41.0 Å². The minimum Gasteiger partial charge on any atom is -0.497 e. The van der Waals surface area contributed by atoms with Crippen LogP contribution in [0.25, 0.3) is 0 Å². The lowest BCUT2D eigenvalue weighted by molar-refractivity contribution is 0.222. The molecule has 0 saturated heterocycles. The van der Waals surface area contributed by atoms with E-state index in [1.54, 1.807) is 14.2 Å².